The van der Waals surface area contributed by atoms with E-state index in [1.165, 1.54) is 0 Å². The Morgan fingerprint density at radius 1 is 1.03 bits per heavy atom. The monoisotopic (exact) mass is 412 g/mol. The van der Waals surface area contributed by atoms with Gasteiger partial charge in [0, 0.05) is 13.1 Å². The maximum Gasteiger partial charge on any atom is 0.261 e. The van der Waals surface area contributed by atoms with E-state index < -0.39 is 6.04 Å². The lowest BCUT2D eigenvalue weighted by atomic mass is 10.1. The van der Waals surface area contributed by atoms with Crippen LogP contribution in [0.3, 0.4) is 0 Å². The van der Waals surface area contributed by atoms with E-state index in [0.29, 0.717) is 18.8 Å². The first-order valence-corrected chi connectivity index (χ1v) is 10.2. The van der Waals surface area contributed by atoms with Crippen LogP contribution in [0.1, 0.15) is 37.0 Å². The molecule has 0 aliphatic heterocycles. The summed E-state index contributed by atoms with van der Waals surface area (Å²) in [5, 5.41) is 2.87. The zero-order chi connectivity index (χ0) is 22.1. The van der Waals surface area contributed by atoms with E-state index in [9.17, 15) is 9.59 Å². The summed E-state index contributed by atoms with van der Waals surface area (Å²) >= 11 is 0. The number of nitrogens with one attached hydrogen (secondary N) is 1. The molecule has 2 amide bonds. The van der Waals surface area contributed by atoms with E-state index >= 15 is 0 Å². The molecule has 0 aliphatic rings. The highest BCUT2D eigenvalue weighted by Gasteiger charge is 2.26. The number of carbonyl (C=O) groups excluding carboxylic acids is 2. The van der Waals surface area contributed by atoms with Crippen molar-refractivity contribution >= 4 is 11.8 Å². The Bertz CT molecular complexity index is 829. The average molecular weight is 413 g/mol. The maximum atomic E-state index is 13.0. The highest BCUT2D eigenvalue weighted by atomic mass is 16.5. The van der Waals surface area contributed by atoms with E-state index in [0.717, 1.165) is 28.9 Å². The molecule has 2 aromatic rings. The van der Waals surface area contributed by atoms with Crippen LogP contribution >= 0.6 is 0 Å². The van der Waals surface area contributed by atoms with Gasteiger partial charge in [-0.15, -0.1) is 0 Å². The molecule has 1 atom stereocenters. The summed E-state index contributed by atoms with van der Waals surface area (Å²) < 4.78 is 10.9. The molecule has 0 saturated heterocycles. The van der Waals surface area contributed by atoms with Gasteiger partial charge in [0.25, 0.3) is 5.91 Å². The molecule has 0 heterocycles. The number of hydrogen-bond acceptors (Lipinski definition) is 4. The molecule has 0 saturated carbocycles. The van der Waals surface area contributed by atoms with Crippen LogP contribution in [0.25, 0.3) is 0 Å². The zero-order valence-corrected chi connectivity index (χ0v) is 18.5. The van der Waals surface area contributed by atoms with E-state index in [-0.39, 0.29) is 18.4 Å². The second kappa shape index (κ2) is 11.2. The highest BCUT2D eigenvalue weighted by molar-refractivity contribution is 5.87. The summed E-state index contributed by atoms with van der Waals surface area (Å²) in [6.07, 6.45) is 0.834. The molecule has 0 bridgehead atoms. The summed E-state index contributed by atoms with van der Waals surface area (Å²) in [6.45, 7) is 8.44. The molecule has 2 rings (SSSR count). The summed E-state index contributed by atoms with van der Waals surface area (Å²) in [4.78, 5) is 27.1. The van der Waals surface area contributed by atoms with Gasteiger partial charge in [-0.05, 0) is 68.1 Å². The lowest BCUT2D eigenvalue weighted by Gasteiger charge is -2.28. The largest absolute Gasteiger partial charge is 0.497 e. The lowest BCUT2D eigenvalue weighted by Crippen LogP contribution is -2.49. The molecule has 0 fully saturated rings. The zero-order valence-electron chi connectivity index (χ0n) is 18.5. The molecule has 30 heavy (non-hydrogen) atoms. The van der Waals surface area contributed by atoms with Crippen molar-refractivity contribution in [2.45, 2.75) is 46.7 Å². The molecule has 6 nitrogen and oxygen atoms in total. The Balaban J connectivity index is 2.15. The van der Waals surface area contributed by atoms with Gasteiger partial charge in [0.05, 0.1) is 7.11 Å². The Morgan fingerprint density at radius 3 is 2.23 bits per heavy atom. The molecule has 1 N–H and O–H groups in total. The normalized spacial score (nSPS) is 11.5. The number of amides is 2. The van der Waals surface area contributed by atoms with Gasteiger partial charge in [-0.25, -0.2) is 0 Å². The number of rotatable bonds is 10. The number of hydrogen-bond donors (Lipinski definition) is 1. The van der Waals surface area contributed by atoms with Crippen LogP contribution in [0.4, 0.5) is 0 Å². The Kier molecular flexibility index (Phi) is 8.71. The van der Waals surface area contributed by atoms with Crippen molar-refractivity contribution in [1.29, 1.82) is 0 Å². The summed E-state index contributed by atoms with van der Waals surface area (Å²) in [7, 11) is 1.61. The van der Waals surface area contributed by atoms with Crippen molar-refractivity contribution in [2.24, 2.45) is 0 Å². The van der Waals surface area contributed by atoms with Gasteiger partial charge in [0.15, 0.2) is 6.61 Å². The van der Waals surface area contributed by atoms with E-state index in [1.807, 2.05) is 63.2 Å². The molecule has 0 aliphatic carbocycles. The van der Waals surface area contributed by atoms with Gasteiger partial charge in [-0.2, -0.15) is 0 Å². The standard InChI is InChI=1S/C24H32N2O4/c1-6-11-25-24(28)19(4)26(15-20-7-9-21(29-5)10-8-20)23(27)16-30-22-13-17(2)12-18(3)14-22/h7-10,12-14,19H,6,11,15-16H2,1-5H3,(H,25,28)/t19-/m1/s1. The minimum Gasteiger partial charge on any atom is -0.497 e. The van der Waals surface area contributed by atoms with Crippen LogP contribution in [0.5, 0.6) is 11.5 Å². The molecular formula is C24H32N2O4. The number of aryl methyl sites for hydroxylation is 2. The number of ether oxygens (including phenoxy) is 2. The third-order valence-corrected chi connectivity index (χ3v) is 4.79. The van der Waals surface area contributed by atoms with Gasteiger partial charge in [0.1, 0.15) is 17.5 Å². The second-order valence-electron chi connectivity index (χ2n) is 7.45. The second-order valence-corrected chi connectivity index (χ2v) is 7.45. The number of benzene rings is 2. The molecular weight excluding hydrogens is 380 g/mol. The topological polar surface area (TPSA) is 67.9 Å². The van der Waals surface area contributed by atoms with Gasteiger partial charge in [-0.1, -0.05) is 25.1 Å². The molecule has 2 aromatic carbocycles. The predicted octanol–water partition coefficient (Wildman–Crippen LogP) is 3.63. The fraction of sp³-hybridized carbons (Fsp3) is 0.417. The van der Waals surface area contributed by atoms with Crippen LogP contribution in [0, 0.1) is 13.8 Å². The first kappa shape index (κ1) is 23.3. The summed E-state index contributed by atoms with van der Waals surface area (Å²) in [6, 6.07) is 12.7. The maximum absolute atomic E-state index is 13.0. The minimum absolute atomic E-state index is 0.134. The van der Waals surface area contributed by atoms with Crippen LogP contribution in [0.2, 0.25) is 0 Å². The summed E-state index contributed by atoms with van der Waals surface area (Å²) in [5.74, 6) is 0.964. The fourth-order valence-electron chi connectivity index (χ4n) is 3.15. The predicted molar refractivity (Wildman–Crippen MR) is 118 cm³/mol. The van der Waals surface area contributed by atoms with Crippen LogP contribution < -0.4 is 14.8 Å². The quantitative estimate of drug-likeness (QED) is 0.647. The SMILES string of the molecule is CCCNC(=O)[C@@H](C)N(Cc1ccc(OC)cc1)C(=O)COc1cc(C)cc(C)c1. The molecule has 0 aromatic heterocycles. The minimum atomic E-state index is -0.617. The van der Waals surface area contributed by atoms with Crippen LogP contribution in [-0.4, -0.2) is 43.0 Å². The fourth-order valence-corrected chi connectivity index (χ4v) is 3.15. The van der Waals surface area contributed by atoms with Crippen molar-refractivity contribution in [1.82, 2.24) is 10.2 Å². The smallest absolute Gasteiger partial charge is 0.261 e. The van der Waals surface area contributed by atoms with E-state index in [1.54, 1.807) is 18.9 Å². The Morgan fingerprint density at radius 2 is 1.67 bits per heavy atom. The average Bonchev–Trinajstić information content (AvgIpc) is 2.73. The number of carbonyl (C=O) groups is 2. The Labute approximate surface area is 179 Å². The van der Waals surface area contributed by atoms with Crippen molar-refractivity contribution in [3.63, 3.8) is 0 Å². The first-order valence-electron chi connectivity index (χ1n) is 10.2. The van der Waals surface area contributed by atoms with Gasteiger partial charge >= 0.3 is 0 Å². The number of methoxy groups -OCH3 is 1. The molecule has 0 unspecified atom stereocenters. The van der Waals surface area contributed by atoms with Crippen molar-refractivity contribution < 1.29 is 19.1 Å². The third-order valence-electron chi connectivity index (χ3n) is 4.79. The summed E-state index contributed by atoms with van der Waals surface area (Å²) in [5.41, 5.74) is 3.05. The van der Waals surface area contributed by atoms with Crippen molar-refractivity contribution in [3.8, 4) is 11.5 Å². The molecule has 0 radical (unpaired) electrons. The third kappa shape index (κ3) is 6.79. The van der Waals surface area contributed by atoms with Crippen molar-refractivity contribution in [2.75, 3.05) is 20.3 Å². The van der Waals surface area contributed by atoms with Crippen LogP contribution in [-0.2, 0) is 16.1 Å². The van der Waals surface area contributed by atoms with Crippen LogP contribution in [0.15, 0.2) is 42.5 Å². The van der Waals surface area contributed by atoms with E-state index in [4.69, 9.17) is 9.47 Å². The molecule has 6 heteroatoms. The highest BCUT2D eigenvalue weighted by Crippen LogP contribution is 2.18. The van der Waals surface area contributed by atoms with Gasteiger partial charge < -0.3 is 19.7 Å². The van der Waals surface area contributed by atoms with Crippen molar-refractivity contribution in [3.05, 3.63) is 59.2 Å². The lowest BCUT2D eigenvalue weighted by molar-refractivity contribution is -0.142. The van der Waals surface area contributed by atoms with Gasteiger partial charge in [0.2, 0.25) is 5.91 Å². The first-order chi connectivity index (χ1) is 14.3. The van der Waals surface area contributed by atoms with E-state index in [2.05, 4.69) is 5.32 Å². The molecule has 0 spiro atoms. The molecule has 162 valence electrons. The van der Waals surface area contributed by atoms with Gasteiger partial charge in [-0.3, -0.25) is 9.59 Å². The number of nitrogens with zero attached hydrogens (tertiary/aromatic N) is 1. The Hall–Kier alpha value is -3.02.